The molecule has 12 rings (SSSR count). The van der Waals surface area contributed by atoms with Crippen LogP contribution in [0.25, 0.3) is 96.7 Å². The molecule has 0 N–H and O–H groups in total. The molecule has 0 fully saturated rings. The first kappa shape index (κ1) is 29.7. The van der Waals surface area contributed by atoms with Crippen LogP contribution in [0.15, 0.2) is 185 Å². The number of rotatable bonds is 4. The lowest BCUT2D eigenvalue weighted by atomic mass is 9.98. The summed E-state index contributed by atoms with van der Waals surface area (Å²) in [5.41, 5.74) is 9.05. The van der Waals surface area contributed by atoms with Crippen LogP contribution in [-0.4, -0.2) is 0 Å². The van der Waals surface area contributed by atoms with Crippen LogP contribution in [0.3, 0.4) is 0 Å². The van der Waals surface area contributed by atoms with Gasteiger partial charge in [-0.15, -0.1) is 11.3 Å². The van der Waals surface area contributed by atoms with Crippen LogP contribution in [0.1, 0.15) is 0 Å². The van der Waals surface area contributed by atoms with E-state index in [2.05, 4.69) is 181 Å². The predicted molar refractivity (Wildman–Crippen MR) is 229 cm³/mol. The van der Waals surface area contributed by atoms with Crippen LogP contribution in [0.5, 0.6) is 0 Å². The average Bonchev–Trinajstić information content (AvgIpc) is 3.94. The first-order valence-electron chi connectivity index (χ1n) is 18.3. The maximum Gasteiger partial charge on any atom is 0.159 e. The van der Waals surface area contributed by atoms with E-state index in [0.29, 0.717) is 0 Å². The Hall–Kier alpha value is -6.88. The second-order valence-electron chi connectivity index (χ2n) is 14.0. The Labute approximate surface area is 313 Å². The second kappa shape index (κ2) is 11.3. The van der Waals surface area contributed by atoms with E-state index in [1.54, 1.807) is 0 Å². The first-order valence-corrected chi connectivity index (χ1v) is 19.1. The molecule has 9 aromatic carbocycles. The molecule has 0 unspecified atom stereocenters. The van der Waals surface area contributed by atoms with Gasteiger partial charge in [0, 0.05) is 58.2 Å². The number of benzene rings is 9. The molecule has 0 atom stereocenters. The highest BCUT2D eigenvalue weighted by atomic mass is 32.1. The van der Waals surface area contributed by atoms with Gasteiger partial charge in [-0.1, -0.05) is 121 Å². The summed E-state index contributed by atoms with van der Waals surface area (Å²) in [5, 5.41) is 11.6. The van der Waals surface area contributed by atoms with Gasteiger partial charge in [-0.05, 0) is 76.5 Å². The van der Waals surface area contributed by atoms with E-state index in [1.165, 1.54) is 30.9 Å². The lowest BCUT2D eigenvalue weighted by Crippen LogP contribution is -2.10. The molecule has 0 spiro atoms. The summed E-state index contributed by atoms with van der Waals surface area (Å²) >= 11 is 1.84. The molecule has 0 radical (unpaired) electrons. The van der Waals surface area contributed by atoms with Gasteiger partial charge in [-0.3, -0.25) is 0 Å². The Morgan fingerprint density at radius 3 is 1.80 bits per heavy atom. The second-order valence-corrected chi connectivity index (χ2v) is 15.1. The third-order valence-corrected chi connectivity index (χ3v) is 12.2. The number of anilines is 3. The van der Waals surface area contributed by atoms with Crippen molar-refractivity contribution in [1.29, 1.82) is 0 Å². The van der Waals surface area contributed by atoms with Gasteiger partial charge in [-0.25, -0.2) is 0 Å². The summed E-state index contributed by atoms with van der Waals surface area (Å²) in [7, 11) is 0. The van der Waals surface area contributed by atoms with Crippen molar-refractivity contribution in [3.05, 3.63) is 176 Å². The van der Waals surface area contributed by atoms with Gasteiger partial charge >= 0.3 is 0 Å². The van der Waals surface area contributed by atoms with E-state index in [1.807, 2.05) is 11.3 Å². The largest absolute Gasteiger partial charge is 0.455 e. The van der Waals surface area contributed by atoms with E-state index in [0.717, 1.165) is 82.8 Å². The van der Waals surface area contributed by atoms with Crippen LogP contribution in [0.4, 0.5) is 17.1 Å². The molecule has 0 saturated carbocycles. The molecule has 0 aliphatic rings. The van der Waals surface area contributed by atoms with Crippen molar-refractivity contribution in [2.45, 2.75) is 0 Å². The maximum absolute atomic E-state index is 6.96. The fourth-order valence-electron chi connectivity index (χ4n) is 8.62. The minimum Gasteiger partial charge on any atom is -0.455 e. The van der Waals surface area contributed by atoms with E-state index < -0.39 is 0 Å². The van der Waals surface area contributed by atoms with Gasteiger partial charge in [0.15, 0.2) is 5.58 Å². The summed E-state index contributed by atoms with van der Waals surface area (Å²) in [6.07, 6.45) is 0. The lowest BCUT2D eigenvalue weighted by molar-refractivity contribution is 0.672. The Morgan fingerprint density at radius 1 is 0.370 bits per heavy atom. The molecule has 4 heteroatoms. The molecule has 12 aromatic rings. The van der Waals surface area contributed by atoms with Crippen molar-refractivity contribution < 1.29 is 8.83 Å². The standard InChI is InChI=1S/C50H29NO2S/c1-3-12-35-30(10-1)24-28-38-37-16-7-18-42(50(37)53-48(35)38)51(41-17-9-21-45-47(41)39-14-5-6-20-44(39)54-45)33-26-22-32(23-27-33)34-15-8-19-43-46(34)40-29-25-31-11-2-4-13-36(31)49(40)52-43/h1-29H. The maximum atomic E-state index is 6.96. The third kappa shape index (κ3) is 4.23. The number of hydrogen-bond donors (Lipinski definition) is 0. The highest BCUT2D eigenvalue weighted by molar-refractivity contribution is 7.26. The van der Waals surface area contributed by atoms with Crippen molar-refractivity contribution in [2.24, 2.45) is 0 Å². The summed E-state index contributed by atoms with van der Waals surface area (Å²) in [4.78, 5) is 2.39. The van der Waals surface area contributed by atoms with Gasteiger partial charge in [-0.2, -0.15) is 0 Å². The zero-order valence-electron chi connectivity index (χ0n) is 28.9. The molecular weight excluding hydrogens is 679 g/mol. The average molecular weight is 708 g/mol. The molecule has 0 aliphatic heterocycles. The van der Waals surface area contributed by atoms with Gasteiger partial charge in [0.1, 0.15) is 16.7 Å². The molecule has 0 bridgehead atoms. The van der Waals surface area contributed by atoms with Crippen molar-refractivity contribution >= 4 is 114 Å². The number of thiophene rings is 1. The van der Waals surface area contributed by atoms with Crippen molar-refractivity contribution in [3.63, 3.8) is 0 Å². The first-order chi connectivity index (χ1) is 26.8. The SMILES string of the molecule is c1ccc2c(c1)ccc1c3cccc(N(c4ccc(-c5cccc6oc7c8ccccc8ccc7c56)cc4)c4cccc5sc6ccccc6c45)c3oc21. The Balaban J connectivity index is 1.10. The fourth-order valence-corrected chi connectivity index (χ4v) is 9.75. The number of hydrogen-bond acceptors (Lipinski definition) is 4. The molecule has 3 nitrogen and oxygen atoms in total. The molecule has 252 valence electrons. The summed E-state index contributed by atoms with van der Waals surface area (Å²) in [6.45, 7) is 0. The highest BCUT2D eigenvalue weighted by Gasteiger charge is 2.23. The van der Waals surface area contributed by atoms with Crippen LogP contribution in [-0.2, 0) is 0 Å². The molecule has 3 aromatic heterocycles. The topological polar surface area (TPSA) is 29.5 Å². The highest BCUT2D eigenvalue weighted by Crippen LogP contribution is 2.48. The Morgan fingerprint density at radius 2 is 0.981 bits per heavy atom. The number of para-hydroxylation sites is 1. The van der Waals surface area contributed by atoms with Gasteiger partial charge in [0.2, 0.25) is 0 Å². The van der Waals surface area contributed by atoms with Crippen LogP contribution in [0.2, 0.25) is 0 Å². The van der Waals surface area contributed by atoms with E-state index in [-0.39, 0.29) is 0 Å². The molecule has 0 amide bonds. The smallest absolute Gasteiger partial charge is 0.159 e. The fraction of sp³-hybridized carbons (Fsp3) is 0. The van der Waals surface area contributed by atoms with Gasteiger partial charge in [0.05, 0.1) is 11.4 Å². The Bertz CT molecular complexity index is 3460. The predicted octanol–water partition coefficient (Wildman–Crippen LogP) is 15.3. The third-order valence-electron chi connectivity index (χ3n) is 11.1. The van der Waals surface area contributed by atoms with E-state index in [4.69, 9.17) is 8.83 Å². The number of nitrogens with zero attached hydrogens (tertiary/aromatic N) is 1. The monoisotopic (exact) mass is 707 g/mol. The van der Waals surface area contributed by atoms with Gasteiger partial charge < -0.3 is 13.7 Å². The summed E-state index contributed by atoms with van der Waals surface area (Å²) in [6, 6.07) is 63.0. The molecule has 0 saturated heterocycles. The minimum atomic E-state index is 0.867. The molecular formula is C50H29NO2S. The Kier molecular flexibility index (Phi) is 6.21. The van der Waals surface area contributed by atoms with E-state index >= 15 is 0 Å². The van der Waals surface area contributed by atoms with Crippen molar-refractivity contribution in [3.8, 4) is 11.1 Å². The van der Waals surface area contributed by atoms with Crippen LogP contribution in [0, 0.1) is 0 Å². The minimum absolute atomic E-state index is 0.867. The quantitative estimate of drug-likeness (QED) is 0.182. The van der Waals surface area contributed by atoms with Gasteiger partial charge in [0.25, 0.3) is 0 Å². The number of fused-ring (bicyclic) bond motifs is 13. The van der Waals surface area contributed by atoms with Crippen LogP contribution >= 0.6 is 11.3 Å². The molecule has 0 aliphatic carbocycles. The molecule has 3 heterocycles. The zero-order valence-corrected chi connectivity index (χ0v) is 29.7. The summed E-state index contributed by atoms with van der Waals surface area (Å²) in [5.74, 6) is 0. The normalized spacial score (nSPS) is 12.1. The summed E-state index contributed by atoms with van der Waals surface area (Å²) < 4.78 is 16.0. The van der Waals surface area contributed by atoms with E-state index in [9.17, 15) is 0 Å². The zero-order chi connectivity index (χ0) is 35.3. The molecule has 54 heavy (non-hydrogen) atoms. The van der Waals surface area contributed by atoms with Crippen LogP contribution < -0.4 is 4.90 Å². The van der Waals surface area contributed by atoms with Crippen molar-refractivity contribution in [2.75, 3.05) is 4.90 Å². The lowest BCUT2D eigenvalue weighted by Gasteiger charge is -2.26. The van der Waals surface area contributed by atoms with Crippen molar-refractivity contribution in [1.82, 2.24) is 0 Å². The number of furan rings is 2.